The summed E-state index contributed by atoms with van der Waals surface area (Å²) in [5, 5.41) is 65.5. The maximum Gasteiger partial charge on any atom is 0.331 e. The molecule has 43 heavy (non-hydrogen) atoms. The number of carboxylic acid groups (broad SMARTS) is 1. The van der Waals surface area contributed by atoms with Gasteiger partial charge in [-0.25, -0.2) is 4.79 Å². The fraction of sp³-hybridized carbons (Fsp3) is 0.267. The van der Waals surface area contributed by atoms with Crippen molar-refractivity contribution in [3.8, 4) is 39.9 Å². The van der Waals surface area contributed by atoms with Crippen LogP contribution in [0.5, 0.6) is 28.7 Å². The van der Waals surface area contributed by atoms with Crippen LogP contribution in [0, 0.1) is 0 Å². The SMILES string of the molecule is COc1ccc2oc3c(O)c4c(c(O)c3c(=O)c2c1O)-c1c(cc(CC(C)=O)c(C(=O)N[C@](C)(CO)C(=O)O)c1O)CC4. The van der Waals surface area contributed by atoms with Gasteiger partial charge in [0.05, 0.1) is 19.3 Å². The molecule has 4 aromatic rings. The zero-order chi connectivity index (χ0) is 31.5. The average Bonchev–Trinajstić information content (AvgIpc) is 2.94. The first-order valence-corrected chi connectivity index (χ1v) is 13.0. The molecule has 0 saturated carbocycles. The van der Waals surface area contributed by atoms with Gasteiger partial charge < -0.3 is 45.1 Å². The van der Waals surface area contributed by atoms with Crippen molar-refractivity contribution in [2.24, 2.45) is 0 Å². The highest BCUT2D eigenvalue weighted by atomic mass is 16.5. The van der Waals surface area contributed by atoms with Crippen molar-refractivity contribution in [2.45, 2.75) is 38.6 Å². The summed E-state index contributed by atoms with van der Waals surface area (Å²) >= 11 is 0. The van der Waals surface area contributed by atoms with E-state index in [1.807, 2.05) is 0 Å². The van der Waals surface area contributed by atoms with E-state index in [9.17, 15) is 49.8 Å². The lowest BCUT2D eigenvalue weighted by Gasteiger charge is -2.28. The molecule has 0 spiro atoms. The minimum atomic E-state index is -2.15. The van der Waals surface area contributed by atoms with E-state index in [2.05, 4.69) is 5.32 Å². The first-order chi connectivity index (χ1) is 20.2. The Morgan fingerprint density at radius 3 is 2.30 bits per heavy atom. The quantitative estimate of drug-likeness (QED) is 0.121. The van der Waals surface area contributed by atoms with E-state index in [0.717, 1.165) is 6.92 Å². The number of hydrogen-bond donors (Lipinski definition) is 7. The molecule has 0 saturated heterocycles. The Morgan fingerprint density at radius 1 is 1.00 bits per heavy atom. The van der Waals surface area contributed by atoms with Gasteiger partial charge in [0, 0.05) is 23.1 Å². The van der Waals surface area contributed by atoms with Crippen LogP contribution in [0.2, 0.25) is 0 Å². The molecule has 1 aliphatic rings. The number of aliphatic carboxylic acids is 1. The molecule has 1 aromatic heterocycles. The Kier molecular flexibility index (Phi) is 6.93. The van der Waals surface area contributed by atoms with Crippen LogP contribution in [0.3, 0.4) is 0 Å². The normalized spacial score (nSPS) is 13.7. The van der Waals surface area contributed by atoms with Gasteiger partial charge in [-0.3, -0.25) is 14.4 Å². The molecule has 0 unspecified atom stereocenters. The van der Waals surface area contributed by atoms with E-state index in [-0.39, 0.29) is 69.6 Å². The van der Waals surface area contributed by atoms with Crippen LogP contribution in [0.15, 0.2) is 27.4 Å². The molecule has 1 amide bonds. The summed E-state index contributed by atoms with van der Waals surface area (Å²) in [4.78, 5) is 50.9. The lowest BCUT2D eigenvalue weighted by atomic mass is 9.80. The molecule has 5 rings (SSSR count). The molecule has 0 radical (unpaired) electrons. The molecular weight excluding hydrogens is 566 g/mol. The van der Waals surface area contributed by atoms with Crippen LogP contribution in [-0.4, -0.2) is 67.6 Å². The number of phenols is 4. The number of ether oxygens (including phenoxy) is 1. The number of carboxylic acids is 1. The van der Waals surface area contributed by atoms with E-state index >= 15 is 0 Å². The fourth-order valence-electron chi connectivity index (χ4n) is 5.48. The molecule has 1 heterocycles. The zero-order valence-corrected chi connectivity index (χ0v) is 23.2. The zero-order valence-electron chi connectivity index (χ0n) is 23.2. The molecule has 13 nitrogen and oxygen atoms in total. The minimum absolute atomic E-state index is 0.0475. The number of methoxy groups -OCH3 is 1. The lowest BCUT2D eigenvalue weighted by Crippen LogP contribution is -2.55. The maximum absolute atomic E-state index is 13.6. The van der Waals surface area contributed by atoms with E-state index in [4.69, 9.17) is 9.15 Å². The second-order valence-corrected chi connectivity index (χ2v) is 10.6. The monoisotopic (exact) mass is 593 g/mol. The van der Waals surface area contributed by atoms with Gasteiger partial charge in [-0.05, 0) is 49.9 Å². The van der Waals surface area contributed by atoms with Crippen molar-refractivity contribution in [1.29, 1.82) is 0 Å². The number of Topliss-reactive ketones (excluding diaryl/α,β-unsaturated/α-hetero) is 1. The first-order valence-electron chi connectivity index (χ1n) is 13.0. The summed E-state index contributed by atoms with van der Waals surface area (Å²) in [7, 11) is 1.27. The number of fused-ring (bicyclic) bond motifs is 5. The molecule has 13 heteroatoms. The fourth-order valence-corrected chi connectivity index (χ4v) is 5.48. The number of aromatic hydroxyl groups is 4. The van der Waals surface area contributed by atoms with Crippen molar-refractivity contribution in [2.75, 3.05) is 13.7 Å². The molecule has 0 bridgehead atoms. The summed E-state index contributed by atoms with van der Waals surface area (Å²) in [6.07, 6.45) is -0.0507. The van der Waals surface area contributed by atoms with Gasteiger partial charge in [-0.2, -0.15) is 0 Å². The lowest BCUT2D eigenvalue weighted by molar-refractivity contribution is -0.145. The molecule has 1 atom stereocenters. The van der Waals surface area contributed by atoms with Crippen molar-refractivity contribution in [1.82, 2.24) is 5.32 Å². The third-order valence-electron chi connectivity index (χ3n) is 7.69. The van der Waals surface area contributed by atoms with Gasteiger partial charge in [-0.15, -0.1) is 0 Å². The Balaban J connectivity index is 1.85. The van der Waals surface area contributed by atoms with Crippen molar-refractivity contribution in [3.63, 3.8) is 0 Å². The molecule has 0 fully saturated rings. The predicted octanol–water partition coefficient (Wildman–Crippen LogP) is 2.24. The molecule has 7 N–H and O–H groups in total. The highest BCUT2D eigenvalue weighted by molar-refractivity contribution is 6.08. The number of ketones is 1. The first kappa shape index (κ1) is 29.2. The number of aliphatic hydroxyl groups is 1. The topological polar surface area (TPSA) is 224 Å². The number of hydrogen-bond acceptors (Lipinski definition) is 11. The van der Waals surface area contributed by atoms with Gasteiger partial charge >= 0.3 is 5.97 Å². The summed E-state index contributed by atoms with van der Waals surface area (Å²) in [6, 6.07) is 4.16. The maximum atomic E-state index is 13.6. The number of amides is 1. The second-order valence-electron chi connectivity index (χ2n) is 10.6. The Bertz CT molecular complexity index is 1960. The number of aryl methyl sites for hydroxylation is 1. The number of phenolic OH excluding ortho intramolecular Hbond substituents is 4. The Morgan fingerprint density at radius 2 is 1.70 bits per heavy atom. The van der Waals surface area contributed by atoms with E-state index in [0.29, 0.717) is 5.56 Å². The number of nitrogens with one attached hydrogen (secondary N) is 1. The third kappa shape index (κ3) is 4.36. The average molecular weight is 594 g/mol. The molecule has 1 aliphatic carbocycles. The smallest absolute Gasteiger partial charge is 0.331 e. The predicted molar refractivity (Wildman–Crippen MR) is 151 cm³/mol. The van der Waals surface area contributed by atoms with E-state index in [1.54, 1.807) is 0 Å². The van der Waals surface area contributed by atoms with E-state index < -0.39 is 63.4 Å². The summed E-state index contributed by atoms with van der Waals surface area (Å²) in [5.74, 6) is -5.65. The largest absolute Gasteiger partial charge is 0.506 e. The molecule has 0 aliphatic heterocycles. The minimum Gasteiger partial charge on any atom is -0.506 e. The summed E-state index contributed by atoms with van der Waals surface area (Å²) in [6.45, 7) is 1.31. The summed E-state index contributed by atoms with van der Waals surface area (Å²) < 4.78 is 10.8. The van der Waals surface area contributed by atoms with Crippen LogP contribution in [0.4, 0.5) is 0 Å². The van der Waals surface area contributed by atoms with Gasteiger partial charge in [0.25, 0.3) is 5.91 Å². The number of carbonyl (C=O) groups is 3. The number of rotatable bonds is 7. The number of benzene rings is 3. The highest BCUT2D eigenvalue weighted by Gasteiger charge is 2.38. The van der Waals surface area contributed by atoms with Gasteiger partial charge in [0.15, 0.2) is 28.4 Å². The second kappa shape index (κ2) is 10.2. The van der Waals surface area contributed by atoms with Crippen LogP contribution >= 0.6 is 0 Å². The van der Waals surface area contributed by atoms with Crippen molar-refractivity contribution in [3.05, 3.63) is 50.7 Å². The number of carbonyl (C=O) groups excluding carboxylic acids is 2. The number of aliphatic hydroxyl groups excluding tert-OH is 1. The van der Waals surface area contributed by atoms with E-state index in [1.165, 1.54) is 32.2 Å². The summed E-state index contributed by atoms with van der Waals surface area (Å²) in [5.41, 5.74) is -3.83. The molecule has 3 aromatic carbocycles. The molecule has 224 valence electrons. The van der Waals surface area contributed by atoms with Gasteiger partial charge in [0.2, 0.25) is 5.43 Å². The van der Waals surface area contributed by atoms with Crippen LogP contribution < -0.4 is 15.5 Å². The van der Waals surface area contributed by atoms with Gasteiger partial charge in [-0.1, -0.05) is 6.07 Å². The van der Waals surface area contributed by atoms with Crippen LogP contribution in [0.1, 0.15) is 40.9 Å². The molecular formula is C30H27NO12. The van der Waals surface area contributed by atoms with Crippen LogP contribution in [0.25, 0.3) is 33.1 Å². The standard InChI is InChI=1S/C30H27NO12/c1-11(33)8-13-9-12-4-5-14-19(17(12)24(36)18(13)28(39)31-30(2,10-32)29(40)41)25(37)21-26(38)20-15(43-27(21)22(14)34)6-7-16(42-3)23(20)35/h6-7,9,32,34-37H,4-5,8,10H2,1-3H3,(H,31,39)(H,40,41)/t30-/m1/s1. The van der Waals surface area contributed by atoms with Crippen molar-refractivity contribution >= 4 is 39.6 Å². The van der Waals surface area contributed by atoms with Crippen LogP contribution in [-0.2, 0) is 28.9 Å². The third-order valence-corrected chi connectivity index (χ3v) is 7.69. The Hall–Kier alpha value is -5.30. The van der Waals surface area contributed by atoms with Gasteiger partial charge in [0.1, 0.15) is 33.6 Å². The highest BCUT2D eigenvalue weighted by Crippen LogP contribution is 2.52. The van der Waals surface area contributed by atoms with Crippen molar-refractivity contribution < 1.29 is 54.2 Å². The Labute approximate surface area is 242 Å².